The Morgan fingerprint density at radius 2 is 1.65 bits per heavy atom. The Labute approximate surface area is 120 Å². The maximum absolute atomic E-state index is 11.9. The van der Waals surface area contributed by atoms with E-state index in [9.17, 15) is 14.4 Å². The zero-order valence-electron chi connectivity index (χ0n) is 10.9. The number of carboxylic acids is 2. The van der Waals surface area contributed by atoms with E-state index >= 15 is 0 Å². The number of hydrogen-bond donors (Lipinski definition) is 2. The summed E-state index contributed by atoms with van der Waals surface area (Å²) in [7, 11) is 0. The van der Waals surface area contributed by atoms with Crippen LogP contribution in [0.5, 0.6) is 0 Å². The van der Waals surface area contributed by atoms with Crippen LogP contribution in [0.4, 0.5) is 0 Å². The molecule has 108 valence electrons. The molecular formula is C13H15NO5S. The molecule has 0 aromatic heterocycles. The average molecular weight is 297 g/mol. The second kappa shape index (κ2) is 7.54. The first-order chi connectivity index (χ1) is 9.40. The number of thioether (sulfide) groups is 1. The molecule has 0 radical (unpaired) electrons. The van der Waals surface area contributed by atoms with E-state index in [1.54, 1.807) is 0 Å². The first-order valence-electron chi connectivity index (χ1n) is 5.80. The Kier molecular flexibility index (Phi) is 6.05. The van der Waals surface area contributed by atoms with Crippen molar-refractivity contribution < 1.29 is 24.6 Å². The molecule has 1 amide bonds. The van der Waals surface area contributed by atoms with Crippen LogP contribution in [-0.2, 0) is 14.4 Å². The first-order valence-corrected chi connectivity index (χ1v) is 6.78. The molecule has 0 atom stereocenters. The minimum Gasteiger partial charge on any atom is -0.480 e. The zero-order valence-corrected chi connectivity index (χ0v) is 11.7. The molecule has 2 N–H and O–H groups in total. The normalized spacial score (nSPS) is 10.1. The molecule has 0 saturated heterocycles. The summed E-state index contributed by atoms with van der Waals surface area (Å²) < 4.78 is 0. The Morgan fingerprint density at radius 1 is 1.10 bits per heavy atom. The van der Waals surface area contributed by atoms with E-state index in [4.69, 9.17) is 10.2 Å². The minimum atomic E-state index is -1.24. The van der Waals surface area contributed by atoms with Crippen LogP contribution in [0.2, 0.25) is 0 Å². The predicted octanol–water partition coefficient (Wildman–Crippen LogP) is 1.08. The van der Waals surface area contributed by atoms with E-state index in [0.717, 1.165) is 15.4 Å². The zero-order chi connectivity index (χ0) is 15.1. The third-order valence-corrected chi connectivity index (χ3v) is 3.61. The molecule has 0 aliphatic heterocycles. The lowest BCUT2D eigenvalue weighted by Gasteiger charge is -2.18. The number of carboxylic acid groups (broad SMARTS) is 2. The van der Waals surface area contributed by atoms with Gasteiger partial charge in [-0.05, 0) is 18.6 Å². The van der Waals surface area contributed by atoms with Crippen molar-refractivity contribution in [2.75, 3.05) is 18.8 Å². The maximum atomic E-state index is 11.9. The van der Waals surface area contributed by atoms with Crippen molar-refractivity contribution in [3.05, 3.63) is 29.8 Å². The fraction of sp³-hybridized carbons (Fsp3) is 0.308. The van der Waals surface area contributed by atoms with Gasteiger partial charge in [-0.1, -0.05) is 18.2 Å². The number of nitrogens with zero attached hydrogens (tertiary/aromatic N) is 1. The number of rotatable bonds is 7. The molecule has 20 heavy (non-hydrogen) atoms. The summed E-state index contributed by atoms with van der Waals surface area (Å²) in [5.41, 5.74) is 1.01. The molecule has 0 unspecified atom stereocenters. The molecule has 0 bridgehead atoms. The van der Waals surface area contributed by atoms with Crippen LogP contribution < -0.4 is 0 Å². The molecule has 0 spiro atoms. The Balaban J connectivity index is 2.64. The van der Waals surface area contributed by atoms with Crippen molar-refractivity contribution in [3.8, 4) is 0 Å². The van der Waals surface area contributed by atoms with Gasteiger partial charge < -0.3 is 15.1 Å². The monoisotopic (exact) mass is 297 g/mol. The first kappa shape index (κ1) is 16.0. The maximum Gasteiger partial charge on any atom is 0.323 e. The number of aryl methyl sites for hydroxylation is 1. The molecule has 1 aromatic rings. The fourth-order valence-electron chi connectivity index (χ4n) is 1.51. The van der Waals surface area contributed by atoms with E-state index in [0.29, 0.717) is 0 Å². The lowest BCUT2D eigenvalue weighted by Crippen LogP contribution is -2.40. The van der Waals surface area contributed by atoms with Gasteiger partial charge in [0.05, 0.1) is 5.75 Å². The van der Waals surface area contributed by atoms with Crippen LogP contribution in [0.1, 0.15) is 5.56 Å². The molecule has 0 aliphatic rings. The van der Waals surface area contributed by atoms with E-state index in [1.165, 1.54) is 11.8 Å². The van der Waals surface area contributed by atoms with Gasteiger partial charge in [0.1, 0.15) is 13.1 Å². The van der Waals surface area contributed by atoms with Crippen molar-refractivity contribution in [1.29, 1.82) is 0 Å². The van der Waals surface area contributed by atoms with Gasteiger partial charge in [-0.2, -0.15) is 0 Å². The molecule has 0 fully saturated rings. The minimum absolute atomic E-state index is 0.00537. The van der Waals surface area contributed by atoms with Gasteiger partial charge in [-0.3, -0.25) is 14.4 Å². The summed E-state index contributed by atoms with van der Waals surface area (Å²) in [4.78, 5) is 34.9. The van der Waals surface area contributed by atoms with Crippen molar-refractivity contribution in [2.24, 2.45) is 0 Å². The highest BCUT2D eigenvalue weighted by molar-refractivity contribution is 8.00. The number of carbonyl (C=O) groups is 3. The Hall–Kier alpha value is -2.02. The molecule has 0 saturated carbocycles. The van der Waals surface area contributed by atoms with E-state index < -0.39 is 30.9 Å². The Bertz CT molecular complexity index is 501. The Morgan fingerprint density at radius 3 is 2.15 bits per heavy atom. The second-order valence-electron chi connectivity index (χ2n) is 4.09. The van der Waals surface area contributed by atoms with Crippen LogP contribution in [0, 0.1) is 6.92 Å². The summed E-state index contributed by atoms with van der Waals surface area (Å²) >= 11 is 1.26. The standard InChI is InChI=1S/C13H15NO5S/c1-9-4-2-3-5-10(9)20-8-11(15)14(6-12(16)17)7-13(18)19/h2-5H,6-8H2,1H3,(H,16,17)(H,18,19). The SMILES string of the molecule is Cc1ccccc1SCC(=O)N(CC(=O)O)CC(=O)O. The summed E-state index contributed by atoms with van der Waals surface area (Å²) in [6, 6.07) is 7.47. The highest BCUT2D eigenvalue weighted by Gasteiger charge is 2.19. The largest absolute Gasteiger partial charge is 0.480 e. The molecule has 1 rings (SSSR count). The lowest BCUT2D eigenvalue weighted by atomic mass is 10.2. The van der Waals surface area contributed by atoms with Crippen LogP contribution >= 0.6 is 11.8 Å². The van der Waals surface area contributed by atoms with E-state index in [2.05, 4.69) is 0 Å². The van der Waals surface area contributed by atoms with Crippen molar-refractivity contribution in [3.63, 3.8) is 0 Å². The van der Waals surface area contributed by atoms with Crippen LogP contribution in [0.25, 0.3) is 0 Å². The average Bonchev–Trinajstić information content (AvgIpc) is 2.35. The van der Waals surface area contributed by atoms with Gasteiger partial charge in [0, 0.05) is 4.90 Å². The van der Waals surface area contributed by atoms with Gasteiger partial charge in [-0.25, -0.2) is 0 Å². The van der Waals surface area contributed by atoms with Crippen LogP contribution in [-0.4, -0.2) is 51.8 Å². The molecule has 0 heterocycles. The summed E-state index contributed by atoms with van der Waals surface area (Å²) in [5.74, 6) is -2.98. The third kappa shape index (κ3) is 5.31. The number of amides is 1. The highest BCUT2D eigenvalue weighted by atomic mass is 32.2. The topological polar surface area (TPSA) is 94.9 Å². The van der Waals surface area contributed by atoms with Gasteiger partial charge in [0.25, 0.3) is 0 Å². The number of carbonyl (C=O) groups excluding carboxylic acids is 1. The van der Waals surface area contributed by atoms with Crippen molar-refractivity contribution in [2.45, 2.75) is 11.8 Å². The van der Waals surface area contributed by atoms with Gasteiger partial charge in [-0.15, -0.1) is 11.8 Å². The fourth-order valence-corrected chi connectivity index (χ4v) is 2.44. The quantitative estimate of drug-likeness (QED) is 0.731. The van der Waals surface area contributed by atoms with Crippen LogP contribution in [0.15, 0.2) is 29.2 Å². The molecule has 7 heteroatoms. The molecule has 6 nitrogen and oxygen atoms in total. The van der Waals surface area contributed by atoms with E-state index in [1.807, 2.05) is 31.2 Å². The van der Waals surface area contributed by atoms with E-state index in [-0.39, 0.29) is 5.75 Å². The molecule has 1 aromatic carbocycles. The molecule has 0 aliphatic carbocycles. The second-order valence-corrected chi connectivity index (χ2v) is 5.11. The highest BCUT2D eigenvalue weighted by Crippen LogP contribution is 2.21. The predicted molar refractivity (Wildman–Crippen MR) is 73.8 cm³/mol. The smallest absolute Gasteiger partial charge is 0.323 e. The third-order valence-electron chi connectivity index (χ3n) is 2.45. The summed E-state index contributed by atoms with van der Waals surface area (Å²) in [6.45, 7) is 0.679. The van der Waals surface area contributed by atoms with Crippen molar-refractivity contribution in [1.82, 2.24) is 4.90 Å². The van der Waals surface area contributed by atoms with Gasteiger partial charge in [0.2, 0.25) is 5.91 Å². The molecular weight excluding hydrogens is 282 g/mol. The number of benzene rings is 1. The summed E-state index contributed by atoms with van der Waals surface area (Å²) in [6.07, 6.45) is 0. The van der Waals surface area contributed by atoms with Crippen molar-refractivity contribution >= 4 is 29.6 Å². The summed E-state index contributed by atoms with van der Waals surface area (Å²) in [5, 5.41) is 17.4. The van der Waals surface area contributed by atoms with Crippen LogP contribution in [0.3, 0.4) is 0 Å². The lowest BCUT2D eigenvalue weighted by molar-refractivity contribution is -0.148. The number of hydrogen-bond acceptors (Lipinski definition) is 4. The van der Waals surface area contributed by atoms with Gasteiger partial charge >= 0.3 is 11.9 Å². The van der Waals surface area contributed by atoms with Gasteiger partial charge in [0.15, 0.2) is 0 Å². The number of aliphatic carboxylic acids is 2.